The molecule has 0 bridgehead atoms. The number of rotatable bonds is 4. The van der Waals surface area contributed by atoms with Crippen molar-refractivity contribution in [3.05, 3.63) is 48.0 Å². The number of likely N-dealkylation sites (tertiary alicyclic amines) is 1. The molecular weight excluding hydrogens is 374 g/mol. The molecule has 2 heterocycles. The number of pyridine rings is 1. The van der Waals surface area contributed by atoms with E-state index in [0.717, 1.165) is 17.3 Å². The second kappa shape index (κ2) is 8.26. The van der Waals surface area contributed by atoms with Crippen molar-refractivity contribution >= 4 is 11.6 Å². The minimum atomic E-state index is -4.22. The van der Waals surface area contributed by atoms with E-state index in [2.05, 4.69) is 10.3 Å². The van der Waals surface area contributed by atoms with Crippen molar-refractivity contribution < 1.29 is 22.4 Å². The molecule has 3 rings (SSSR count). The van der Waals surface area contributed by atoms with Gasteiger partial charge in [0, 0.05) is 23.4 Å². The van der Waals surface area contributed by atoms with E-state index < -0.39 is 18.5 Å². The topological polar surface area (TPSA) is 45.2 Å². The van der Waals surface area contributed by atoms with Crippen LogP contribution in [0.5, 0.6) is 0 Å². The van der Waals surface area contributed by atoms with Gasteiger partial charge >= 0.3 is 6.18 Å². The molecular formula is C20H21F4N3O. The van der Waals surface area contributed by atoms with Gasteiger partial charge in [0.15, 0.2) is 0 Å². The lowest BCUT2D eigenvalue weighted by Gasteiger charge is -2.31. The van der Waals surface area contributed by atoms with Gasteiger partial charge in [0.1, 0.15) is 5.82 Å². The third-order valence-electron chi connectivity index (χ3n) is 4.88. The van der Waals surface area contributed by atoms with E-state index in [0.29, 0.717) is 24.1 Å². The summed E-state index contributed by atoms with van der Waals surface area (Å²) in [4.78, 5) is 17.7. The van der Waals surface area contributed by atoms with Gasteiger partial charge in [-0.1, -0.05) is 6.07 Å². The highest BCUT2D eigenvalue weighted by molar-refractivity contribution is 5.93. The lowest BCUT2D eigenvalue weighted by molar-refractivity contribution is -0.149. The van der Waals surface area contributed by atoms with Gasteiger partial charge in [-0.25, -0.2) is 4.39 Å². The van der Waals surface area contributed by atoms with Crippen molar-refractivity contribution in [3.63, 3.8) is 0 Å². The predicted octanol–water partition coefficient (Wildman–Crippen LogP) is 4.41. The molecule has 0 unspecified atom stereocenters. The van der Waals surface area contributed by atoms with Crippen LogP contribution in [0.4, 0.5) is 23.2 Å². The van der Waals surface area contributed by atoms with Crippen molar-refractivity contribution in [1.29, 1.82) is 0 Å². The number of carbonyl (C=O) groups excluding carboxylic acids is 1. The maximum atomic E-state index is 13.5. The summed E-state index contributed by atoms with van der Waals surface area (Å²) < 4.78 is 50.9. The third kappa shape index (κ3) is 5.28. The van der Waals surface area contributed by atoms with E-state index in [1.807, 2.05) is 13.0 Å². The molecule has 1 saturated heterocycles. The Balaban J connectivity index is 1.64. The number of benzene rings is 1. The number of aromatic nitrogens is 1. The molecule has 1 aliphatic rings. The second-order valence-corrected chi connectivity index (χ2v) is 7.08. The highest BCUT2D eigenvalue weighted by atomic mass is 19.4. The fraction of sp³-hybridized carbons (Fsp3) is 0.400. The fourth-order valence-corrected chi connectivity index (χ4v) is 3.42. The summed E-state index contributed by atoms with van der Waals surface area (Å²) in [6, 6.07) is 6.70. The van der Waals surface area contributed by atoms with Crippen LogP contribution in [0.1, 0.15) is 18.4 Å². The average Bonchev–Trinajstić information content (AvgIpc) is 2.62. The highest BCUT2D eigenvalue weighted by Crippen LogP contribution is 2.28. The summed E-state index contributed by atoms with van der Waals surface area (Å²) in [6.07, 6.45) is -0.787. The zero-order chi connectivity index (χ0) is 20.3. The Morgan fingerprint density at radius 1 is 1.21 bits per heavy atom. The monoisotopic (exact) mass is 395 g/mol. The van der Waals surface area contributed by atoms with Gasteiger partial charge in [0.25, 0.3) is 0 Å². The van der Waals surface area contributed by atoms with Crippen molar-refractivity contribution in [2.24, 2.45) is 5.92 Å². The average molecular weight is 395 g/mol. The first-order valence-electron chi connectivity index (χ1n) is 9.03. The molecule has 8 heteroatoms. The van der Waals surface area contributed by atoms with Gasteiger partial charge in [0.05, 0.1) is 12.7 Å². The second-order valence-electron chi connectivity index (χ2n) is 7.08. The smallest absolute Gasteiger partial charge is 0.326 e. The fourth-order valence-electron chi connectivity index (χ4n) is 3.42. The Morgan fingerprint density at radius 2 is 1.93 bits per heavy atom. The van der Waals surface area contributed by atoms with Gasteiger partial charge in [-0.05, 0) is 62.2 Å². The van der Waals surface area contributed by atoms with E-state index in [4.69, 9.17) is 0 Å². The molecule has 0 radical (unpaired) electrons. The van der Waals surface area contributed by atoms with Crippen molar-refractivity contribution in [2.75, 3.05) is 25.0 Å². The molecule has 1 fully saturated rings. The van der Waals surface area contributed by atoms with Gasteiger partial charge in [-0.15, -0.1) is 0 Å². The molecule has 0 aliphatic carbocycles. The third-order valence-corrected chi connectivity index (χ3v) is 4.88. The Kier molecular flexibility index (Phi) is 5.98. The van der Waals surface area contributed by atoms with E-state index in [-0.39, 0.29) is 24.9 Å². The number of amides is 1. The molecule has 0 atom stereocenters. The van der Waals surface area contributed by atoms with E-state index in [9.17, 15) is 22.4 Å². The van der Waals surface area contributed by atoms with Crippen LogP contribution in [-0.4, -0.2) is 41.6 Å². The number of carbonyl (C=O) groups is 1. The van der Waals surface area contributed by atoms with E-state index in [1.165, 1.54) is 11.0 Å². The number of anilines is 1. The summed E-state index contributed by atoms with van der Waals surface area (Å²) in [5, 5.41) is 2.83. The number of aryl methyl sites for hydroxylation is 1. The first-order chi connectivity index (χ1) is 13.2. The van der Waals surface area contributed by atoms with E-state index >= 15 is 0 Å². The molecule has 0 saturated carbocycles. The Morgan fingerprint density at radius 3 is 2.57 bits per heavy atom. The minimum absolute atomic E-state index is 0.209. The summed E-state index contributed by atoms with van der Waals surface area (Å²) in [7, 11) is 0. The van der Waals surface area contributed by atoms with Crippen LogP contribution in [-0.2, 0) is 4.79 Å². The van der Waals surface area contributed by atoms with Crippen molar-refractivity contribution in [1.82, 2.24) is 9.88 Å². The molecule has 1 aromatic carbocycles. The maximum absolute atomic E-state index is 13.5. The first-order valence-corrected chi connectivity index (χ1v) is 9.03. The molecule has 4 nitrogen and oxygen atoms in total. The van der Waals surface area contributed by atoms with Gasteiger partial charge in [-0.2, -0.15) is 13.2 Å². The van der Waals surface area contributed by atoms with Crippen LogP contribution in [0, 0.1) is 18.7 Å². The Labute approximate surface area is 160 Å². The summed E-state index contributed by atoms with van der Waals surface area (Å²) in [6.45, 7) is 1.42. The standard InChI is InChI=1S/C20H21F4N3O/c1-13-2-3-17(9-18(13)15-8-16(21)11-25-10-15)26-19(28)14-4-6-27(7-5-14)12-20(22,23)24/h2-3,8-11,14H,4-7,12H2,1H3,(H,26,28). The molecule has 1 amide bonds. The Hall–Kier alpha value is -2.48. The molecule has 0 spiro atoms. The lowest BCUT2D eigenvalue weighted by Crippen LogP contribution is -2.42. The number of alkyl halides is 3. The summed E-state index contributed by atoms with van der Waals surface area (Å²) >= 11 is 0. The number of nitrogens with one attached hydrogen (secondary N) is 1. The largest absolute Gasteiger partial charge is 0.401 e. The SMILES string of the molecule is Cc1ccc(NC(=O)C2CCN(CC(F)(F)F)CC2)cc1-c1cncc(F)c1. The van der Waals surface area contributed by atoms with Crippen LogP contribution in [0.3, 0.4) is 0 Å². The van der Waals surface area contributed by atoms with Crippen molar-refractivity contribution in [3.8, 4) is 11.1 Å². The van der Waals surface area contributed by atoms with Crippen LogP contribution < -0.4 is 5.32 Å². The van der Waals surface area contributed by atoms with E-state index in [1.54, 1.807) is 18.3 Å². The highest BCUT2D eigenvalue weighted by Gasteiger charge is 2.33. The first kappa shape index (κ1) is 20.3. The Bertz CT molecular complexity index is 846. The normalized spacial score (nSPS) is 16.2. The minimum Gasteiger partial charge on any atom is -0.326 e. The zero-order valence-electron chi connectivity index (χ0n) is 15.4. The molecule has 1 aliphatic heterocycles. The van der Waals surface area contributed by atoms with Crippen LogP contribution in [0.2, 0.25) is 0 Å². The predicted molar refractivity (Wildman–Crippen MR) is 98.2 cm³/mol. The molecule has 2 aromatic rings. The molecule has 1 N–H and O–H groups in total. The number of piperidine rings is 1. The number of halogens is 4. The molecule has 1 aromatic heterocycles. The van der Waals surface area contributed by atoms with Gasteiger partial charge in [0.2, 0.25) is 5.91 Å². The van der Waals surface area contributed by atoms with Gasteiger partial charge < -0.3 is 5.32 Å². The van der Waals surface area contributed by atoms with Crippen molar-refractivity contribution in [2.45, 2.75) is 25.9 Å². The van der Waals surface area contributed by atoms with Crippen LogP contribution in [0.25, 0.3) is 11.1 Å². The maximum Gasteiger partial charge on any atom is 0.401 e. The van der Waals surface area contributed by atoms with Gasteiger partial charge in [-0.3, -0.25) is 14.7 Å². The number of nitrogens with zero attached hydrogens (tertiary/aromatic N) is 2. The molecule has 150 valence electrons. The molecule has 28 heavy (non-hydrogen) atoms. The van der Waals surface area contributed by atoms with Crippen LogP contribution in [0.15, 0.2) is 36.7 Å². The summed E-state index contributed by atoms with van der Waals surface area (Å²) in [5.41, 5.74) is 2.83. The lowest BCUT2D eigenvalue weighted by atomic mass is 9.95. The number of hydrogen-bond donors (Lipinski definition) is 1. The zero-order valence-corrected chi connectivity index (χ0v) is 15.4. The quantitative estimate of drug-likeness (QED) is 0.780. The number of hydrogen-bond acceptors (Lipinski definition) is 3. The van der Waals surface area contributed by atoms with Crippen LogP contribution >= 0.6 is 0 Å². The summed E-state index contributed by atoms with van der Waals surface area (Å²) in [5.74, 6) is -0.985.